The zero-order chi connectivity index (χ0) is 35.1. The van der Waals surface area contributed by atoms with Crippen molar-refractivity contribution in [3.05, 3.63) is 65.7 Å². The van der Waals surface area contributed by atoms with E-state index in [2.05, 4.69) is 15.6 Å². The first-order valence-corrected chi connectivity index (χ1v) is 16.6. The first-order valence-electron chi connectivity index (χ1n) is 15.7. The van der Waals surface area contributed by atoms with E-state index in [1.54, 1.807) is 18.2 Å². The minimum Gasteiger partial charge on any atom is -0.479 e. The van der Waals surface area contributed by atoms with Gasteiger partial charge in [-0.2, -0.15) is 26.3 Å². The third-order valence-electron chi connectivity index (χ3n) is 9.09. The van der Waals surface area contributed by atoms with Gasteiger partial charge in [0, 0.05) is 18.0 Å². The van der Waals surface area contributed by atoms with Gasteiger partial charge in [0.25, 0.3) is 5.19 Å². The highest BCUT2D eigenvalue weighted by molar-refractivity contribution is 7.20. The van der Waals surface area contributed by atoms with Gasteiger partial charge in [0.05, 0.1) is 27.9 Å². The molecule has 3 aliphatic rings. The van der Waals surface area contributed by atoms with Crippen molar-refractivity contribution in [1.29, 1.82) is 0 Å². The van der Waals surface area contributed by atoms with Crippen LogP contribution in [0.3, 0.4) is 0 Å². The Kier molecular flexibility index (Phi) is 9.28. The van der Waals surface area contributed by atoms with E-state index in [-0.39, 0.29) is 37.1 Å². The summed E-state index contributed by atoms with van der Waals surface area (Å²) in [4.78, 5) is 46.0. The minimum absolute atomic E-state index is 0.00519. The lowest BCUT2D eigenvalue weighted by Crippen LogP contribution is -2.55. The quantitative estimate of drug-likeness (QED) is 0.201. The van der Waals surface area contributed by atoms with Crippen molar-refractivity contribution in [2.24, 2.45) is 5.92 Å². The molecule has 2 fully saturated rings. The Morgan fingerprint density at radius 3 is 2.43 bits per heavy atom. The number of carboxylic acids is 1. The summed E-state index contributed by atoms with van der Waals surface area (Å²) >= 11 is 1.25. The van der Waals surface area contributed by atoms with Crippen molar-refractivity contribution in [2.75, 3.05) is 11.9 Å². The van der Waals surface area contributed by atoms with E-state index < -0.39 is 76.6 Å². The molecule has 3 N–H and O–H groups in total. The fourth-order valence-corrected chi connectivity index (χ4v) is 7.31. The monoisotopic (exact) mass is 710 g/mol. The fraction of sp³-hybridized carbons (Fsp3) is 0.455. The van der Waals surface area contributed by atoms with E-state index in [9.17, 15) is 45.8 Å². The van der Waals surface area contributed by atoms with Crippen LogP contribution in [0.2, 0.25) is 0 Å². The number of hydrogen-bond donors (Lipinski definition) is 3. The number of para-hydroxylation sites is 1. The molecule has 0 bridgehead atoms. The molecule has 1 saturated carbocycles. The Labute approximate surface area is 280 Å². The van der Waals surface area contributed by atoms with Crippen LogP contribution in [0, 0.1) is 5.92 Å². The van der Waals surface area contributed by atoms with Crippen LogP contribution in [0.5, 0.6) is 5.19 Å². The standard InChI is InChI=1S/C33H32F6N4O5S/c34-32(35,36)19-12-20(33(37,38)39)14-21(13-19)40-24-10-5-3-1-2-4-8-18-16-31(18,29(46)47)42-27(44)25-15-22(17-43(25)28(24)45)48-30-41-23-9-6-7-11-26(23)49-30/h4,6-9,11-14,18,22,24-25,40H,1-3,5,10,15-17H2,(H,42,44)(H,46,47)/b8-4-/t18-,22+,24-,25-,31+/m0/s1. The Morgan fingerprint density at radius 1 is 1.04 bits per heavy atom. The lowest BCUT2D eigenvalue weighted by atomic mass is 10.0. The molecule has 2 aliphatic heterocycles. The van der Waals surface area contributed by atoms with Crippen LogP contribution in [-0.2, 0) is 26.7 Å². The van der Waals surface area contributed by atoms with E-state index in [0.29, 0.717) is 43.3 Å². The van der Waals surface area contributed by atoms with Crippen molar-refractivity contribution in [3.8, 4) is 5.19 Å². The van der Waals surface area contributed by atoms with Gasteiger partial charge < -0.3 is 25.4 Å². The first-order chi connectivity index (χ1) is 23.1. The van der Waals surface area contributed by atoms with Gasteiger partial charge in [-0.1, -0.05) is 48.5 Å². The number of carbonyl (C=O) groups is 3. The van der Waals surface area contributed by atoms with E-state index in [1.807, 2.05) is 18.2 Å². The number of fused-ring (bicyclic) bond motifs is 3. The maximum Gasteiger partial charge on any atom is 0.416 e. The second-order valence-corrected chi connectivity index (χ2v) is 13.6. The number of ether oxygens (including phenoxy) is 1. The van der Waals surface area contributed by atoms with Crippen LogP contribution in [-0.4, -0.2) is 63.0 Å². The summed E-state index contributed by atoms with van der Waals surface area (Å²) in [6, 6.07) is 5.73. The smallest absolute Gasteiger partial charge is 0.416 e. The van der Waals surface area contributed by atoms with E-state index in [4.69, 9.17) is 4.74 Å². The molecule has 3 aromatic rings. The summed E-state index contributed by atoms with van der Waals surface area (Å²) in [5.74, 6) is -3.19. The number of nitrogens with one attached hydrogen (secondary N) is 2. The van der Waals surface area contributed by atoms with Crippen molar-refractivity contribution in [3.63, 3.8) is 0 Å². The summed E-state index contributed by atoms with van der Waals surface area (Å²) in [6.45, 7) is -0.162. The lowest BCUT2D eigenvalue weighted by Gasteiger charge is -2.30. The third kappa shape index (κ3) is 7.48. The SMILES string of the molecule is O=C1N[C@]2(C(=O)O)C[C@@H]2/C=C\CCCCC[C@H](Nc2cc(C(F)(F)F)cc(C(F)(F)F)c2)C(=O)N2C[C@H](Oc3nc4ccccc4s3)C[C@@H]12. The number of aliphatic carboxylic acids is 1. The number of allylic oxidation sites excluding steroid dienone is 1. The molecule has 0 spiro atoms. The number of carbonyl (C=O) groups excluding carboxylic acids is 2. The van der Waals surface area contributed by atoms with E-state index in [0.717, 1.165) is 4.70 Å². The van der Waals surface area contributed by atoms with Gasteiger partial charge in [-0.05, 0) is 56.0 Å². The summed E-state index contributed by atoms with van der Waals surface area (Å²) in [7, 11) is 0. The van der Waals surface area contributed by atoms with Crippen LogP contribution in [0.15, 0.2) is 54.6 Å². The molecular formula is C33H32F6N4O5S. The molecule has 1 saturated heterocycles. The number of amides is 2. The largest absolute Gasteiger partial charge is 0.479 e. The Morgan fingerprint density at radius 2 is 1.76 bits per heavy atom. The molecule has 2 amide bonds. The highest BCUT2D eigenvalue weighted by Crippen LogP contribution is 2.46. The molecule has 1 aliphatic carbocycles. The predicted octanol–water partition coefficient (Wildman–Crippen LogP) is 6.64. The molecule has 16 heteroatoms. The Bertz CT molecular complexity index is 1710. The number of halogens is 6. The molecule has 262 valence electrons. The fourth-order valence-electron chi connectivity index (χ4n) is 6.43. The number of benzene rings is 2. The molecule has 2 aromatic carbocycles. The van der Waals surface area contributed by atoms with E-state index in [1.165, 1.54) is 16.2 Å². The normalized spacial score (nSPS) is 27.3. The number of nitrogens with zero attached hydrogens (tertiary/aromatic N) is 2. The maximum atomic E-state index is 14.3. The van der Waals surface area contributed by atoms with Crippen LogP contribution < -0.4 is 15.4 Å². The zero-order valence-corrected chi connectivity index (χ0v) is 26.6. The number of aromatic nitrogens is 1. The van der Waals surface area contributed by atoms with E-state index >= 15 is 0 Å². The number of hydrogen-bond acceptors (Lipinski definition) is 7. The summed E-state index contributed by atoms with van der Waals surface area (Å²) < 4.78 is 88.8. The topological polar surface area (TPSA) is 121 Å². The van der Waals surface area contributed by atoms with Crippen LogP contribution >= 0.6 is 11.3 Å². The highest BCUT2D eigenvalue weighted by atomic mass is 32.1. The molecule has 49 heavy (non-hydrogen) atoms. The van der Waals surface area contributed by atoms with Gasteiger partial charge in [-0.3, -0.25) is 9.59 Å². The molecule has 5 atom stereocenters. The Hall–Kier alpha value is -4.34. The van der Waals surface area contributed by atoms with Crippen LogP contribution in [0.25, 0.3) is 10.2 Å². The molecular weight excluding hydrogens is 678 g/mol. The molecule has 0 unspecified atom stereocenters. The van der Waals surface area contributed by atoms with Gasteiger partial charge in [-0.25, -0.2) is 9.78 Å². The molecule has 1 aromatic heterocycles. The van der Waals surface area contributed by atoms with Gasteiger partial charge in [0.2, 0.25) is 11.8 Å². The van der Waals surface area contributed by atoms with Crippen molar-refractivity contribution in [1.82, 2.24) is 15.2 Å². The average molecular weight is 711 g/mol. The molecule has 6 rings (SSSR count). The third-order valence-corrected chi connectivity index (χ3v) is 10.0. The first kappa shape index (κ1) is 34.5. The van der Waals surface area contributed by atoms with Crippen molar-refractivity contribution >= 4 is 45.0 Å². The predicted molar refractivity (Wildman–Crippen MR) is 167 cm³/mol. The highest BCUT2D eigenvalue weighted by Gasteiger charge is 2.61. The van der Waals surface area contributed by atoms with Gasteiger partial charge in [0.15, 0.2) is 0 Å². The average Bonchev–Trinajstić information content (AvgIpc) is 3.34. The van der Waals surface area contributed by atoms with Gasteiger partial charge in [0.1, 0.15) is 23.7 Å². The summed E-state index contributed by atoms with van der Waals surface area (Å²) in [5.41, 5.74) is -4.54. The number of carboxylic acid groups (broad SMARTS) is 1. The minimum atomic E-state index is -5.10. The number of rotatable bonds is 5. The Balaban J connectivity index is 1.33. The summed E-state index contributed by atoms with van der Waals surface area (Å²) in [6.07, 6.45) is -5.08. The van der Waals surface area contributed by atoms with Crippen LogP contribution in [0.1, 0.15) is 56.1 Å². The maximum absolute atomic E-state index is 14.3. The van der Waals surface area contributed by atoms with Gasteiger partial charge >= 0.3 is 18.3 Å². The second kappa shape index (κ2) is 13.2. The van der Waals surface area contributed by atoms with Crippen LogP contribution in [0.4, 0.5) is 32.0 Å². The molecule has 0 radical (unpaired) electrons. The number of anilines is 1. The second-order valence-electron chi connectivity index (χ2n) is 12.6. The van der Waals surface area contributed by atoms with Gasteiger partial charge in [-0.15, -0.1) is 0 Å². The van der Waals surface area contributed by atoms with Crippen molar-refractivity contribution < 1.29 is 50.6 Å². The number of alkyl halides is 6. The molecule has 3 heterocycles. The summed E-state index contributed by atoms with van der Waals surface area (Å²) in [5, 5.41) is 15.6. The van der Waals surface area contributed by atoms with Crippen molar-refractivity contribution in [2.45, 2.75) is 81.0 Å². The molecule has 9 nitrogen and oxygen atoms in total. The zero-order valence-electron chi connectivity index (χ0n) is 25.8. The lowest BCUT2D eigenvalue weighted by molar-refractivity contribution is -0.145. The number of thiazole rings is 1.